The average molecular weight is 1330 g/mol. The second kappa shape index (κ2) is 23.7. The molecule has 0 saturated carbocycles. The summed E-state index contributed by atoms with van der Waals surface area (Å²) in [4.78, 5) is 0. The van der Waals surface area contributed by atoms with Crippen molar-refractivity contribution in [3.8, 4) is 109 Å². The number of hydrogen-bond acceptors (Lipinski definition) is 22. The van der Waals surface area contributed by atoms with E-state index in [2.05, 4.69) is 0 Å². The van der Waals surface area contributed by atoms with E-state index >= 15 is 0 Å². The van der Waals surface area contributed by atoms with Gasteiger partial charge in [-0.3, -0.25) is 0 Å². The van der Waals surface area contributed by atoms with Gasteiger partial charge in [-0.25, -0.2) is 0 Å². The van der Waals surface area contributed by atoms with Crippen molar-refractivity contribution in [2.75, 3.05) is 6.61 Å². The fourth-order valence-corrected chi connectivity index (χ4v) is 15.6. The molecule has 10 aromatic carbocycles. The van der Waals surface area contributed by atoms with E-state index in [0.717, 1.165) is 18.2 Å². The first kappa shape index (κ1) is 62.6. The molecule has 1 aromatic heterocycles. The highest BCUT2D eigenvalue weighted by Crippen LogP contribution is 2.73. The molecule has 22 nitrogen and oxygen atoms in total. The summed E-state index contributed by atoms with van der Waals surface area (Å²) in [6, 6.07) is 41.0. The van der Waals surface area contributed by atoms with E-state index in [1.54, 1.807) is 48.5 Å². The molecular weight excluding hydrogens is 1260 g/mol. The van der Waals surface area contributed by atoms with Gasteiger partial charge in [-0.1, -0.05) is 48.5 Å². The molecule has 11 aromatic rings. The number of hydrogen-bond donors (Lipinski definition) is 18. The Kier molecular flexibility index (Phi) is 15.1. The molecule has 498 valence electrons. The van der Waals surface area contributed by atoms with Crippen LogP contribution in [0.4, 0.5) is 0 Å². The van der Waals surface area contributed by atoms with Crippen LogP contribution in [-0.4, -0.2) is 129 Å². The third kappa shape index (κ3) is 10.2. The van der Waals surface area contributed by atoms with E-state index in [4.69, 9.17) is 18.6 Å². The molecule has 15 rings (SSSR count). The number of benzene rings is 10. The fourth-order valence-electron chi connectivity index (χ4n) is 15.6. The fraction of sp³-hybridized carbons (Fsp3) is 0.184. The zero-order valence-electron chi connectivity index (χ0n) is 51.1. The summed E-state index contributed by atoms with van der Waals surface area (Å²) in [5, 5.41) is 211. The van der Waals surface area contributed by atoms with Crippen molar-refractivity contribution in [1.29, 1.82) is 0 Å². The van der Waals surface area contributed by atoms with E-state index < -0.39 is 120 Å². The molecule has 22 heteroatoms. The number of aliphatic hydroxyl groups excluding tert-OH is 5. The van der Waals surface area contributed by atoms with E-state index in [0.29, 0.717) is 27.8 Å². The highest BCUT2D eigenvalue weighted by molar-refractivity contribution is 6.05. The maximum absolute atomic E-state index is 14.4. The summed E-state index contributed by atoms with van der Waals surface area (Å²) in [6.45, 7) is -0.877. The van der Waals surface area contributed by atoms with Crippen LogP contribution < -0.4 is 9.47 Å². The number of phenolic OH excluding ortho intramolecular Hbond substituents is 13. The number of aromatic hydroxyl groups is 13. The molecule has 98 heavy (non-hydrogen) atoms. The zero-order chi connectivity index (χ0) is 68.6. The lowest BCUT2D eigenvalue weighted by atomic mass is 9.68. The van der Waals surface area contributed by atoms with Crippen molar-refractivity contribution in [2.45, 2.75) is 78.4 Å². The molecule has 2 aliphatic heterocycles. The smallest absolute Gasteiger partial charge is 0.229 e. The summed E-state index contributed by atoms with van der Waals surface area (Å²) in [7, 11) is 0. The summed E-state index contributed by atoms with van der Waals surface area (Å²) in [6.07, 6.45) is -12.9. The van der Waals surface area contributed by atoms with E-state index in [9.17, 15) is 91.9 Å². The third-order valence-electron chi connectivity index (χ3n) is 19.6. The molecule has 3 heterocycles. The molecule has 1 unspecified atom stereocenters. The Bertz CT molecular complexity index is 4920. The first-order valence-corrected chi connectivity index (χ1v) is 31.2. The number of fused-ring (bicyclic) bond motifs is 3. The van der Waals surface area contributed by atoms with Crippen LogP contribution in [0.3, 0.4) is 0 Å². The van der Waals surface area contributed by atoms with Crippen LogP contribution in [0, 0.1) is 0 Å². The quantitative estimate of drug-likeness (QED) is 0.0510. The Balaban J connectivity index is 1.10. The zero-order valence-corrected chi connectivity index (χ0v) is 51.1. The predicted octanol–water partition coefficient (Wildman–Crippen LogP) is 10.4. The monoisotopic (exact) mass is 1330 g/mol. The molecule has 13 atom stereocenters. The molecule has 4 aliphatic rings. The second-order valence-electron chi connectivity index (χ2n) is 25.3. The molecule has 18 N–H and O–H groups in total. The van der Waals surface area contributed by atoms with Crippen molar-refractivity contribution in [1.82, 2.24) is 0 Å². The SMILES string of the molecule is OC[C@H]1O[C@@H](Oc2c(O)cc(O)cc2[C@H](c2ccc(O)cc2)[C@@H](O)c2c(O)c3c4c5c2O[C@@H](c2ccc(O)cc2)[C@@H]5c2cc(O)cc(O)c2C(c2ccc(O)cc2)[C@H]4[C@H](c2cc(O)cc4oc(-c5ccc(O)cc5)c(-c5cc(O)cc(O)c5)c24)[C@H]3c2ccc(O)cc2)[C@H](O)[C@@H](O)[C@@H]1O. The molecule has 0 radical (unpaired) electrons. The summed E-state index contributed by atoms with van der Waals surface area (Å²) < 4.78 is 26.2. The number of phenols is 13. The van der Waals surface area contributed by atoms with E-state index in [-0.39, 0.29) is 124 Å². The lowest BCUT2D eigenvalue weighted by Crippen LogP contribution is -2.60. The Labute approximate surface area is 555 Å². The van der Waals surface area contributed by atoms with Gasteiger partial charge in [-0.15, -0.1) is 0 Å². The van der Waals surface area contributed by atoms with Crippen LogP contribution in [0.15, 0.2) is 180 Å². The van der Waals surface area contributed by atoms with E-state index in [1.165, 1.54) is 109 Å². The van der Waals surface area contributed by atoms with Crippen LogP contribution in [0.2, 0.25) is 0 Å². The Morgan fingerprint density at radius 1 is 0.439 bits per heavy atom. The van der Waals surface area contributed by atoms with Crippen LogP contribution in [0.1, 0.15) is 114 Å². The standard InChI is InChI=1S/C76H62O22/c77-30-53-67(90)70(93)71(94)76(96-53)98-74-49(26-45(86)28-51(74)89)54(31-1-11-37(78)12-2-31)68(91)66-69(92)64-56(33-5-15-39(80)16-6-33)60(48-25-46(87)29-52-59(48)57(36-21-42(83)23-43(84)22-36)72(95-52)34-7-17-40(81)18-8-34)62-55(32-3-13-38(79)14-4-32)58-47(24-44(85)27-50(58)88)61-65(63(62)64)75(66)97-73(61)35-9-19-41(82)20-10-35/h1-29,53-56,60-62,67-68,70-71,73,76-94H,30H2/t53-,54+,55?,56-,60-,61-,62+,67-,68-,70+,71-,73+,76+/m1/s1. The summed E-state index contributed by atoms with van der Waals surface area (Å²) in [5.74, 6) is -13.1. The largest absolute Gasteiger partial charge is 0.508 e. The average Bonchev–Trinajstić information content (AvgIpc) is 1.51. The van der Waals surface area contributed by atoms with Crippen LogP contribution in [0.5, 0.6) is 86.2 Å². The number of aliphatic hydroxyl groups is 5. The van der Waals surface area contributed by atoms with Gasteiger partial charge in [0.05, 0.1) is 24.2 Å². The lowest BCUT2D eigenvalue weighted by Gasteiger charge is -2.40. The van der Waals surface area contributed by atoms with Crippen LogP contribution in [-0.2, 0) is 4.74 Å². The molecule has 0 spiro atoms. The third-order valence-corrected chi connectivity index (χ3v) is 19.6. The first-order chi connectivity index (χ1) is 47.0. The maximum atomic E-state index is 14.4. The number of rotatable bonds is 13. The van der Waals surface area contributed by atoms with Gasteiger partial charge >= 0.3 is 0 Å². The van der Waals surface area contributed by atoms with Crippen LogP contribution >= 0.6 is 0 Å². The molecule has 0 bridgehead atoms. The number of furan rings is 1. The summed E-state index contributed by atoms with van der Waals surface area (Å²) >= 11 is 0. The maximum Gasteiger partial charge on any atom is 0.229 e. The van der Waals surface area contributed by atoms with Crippen molar-refractivity contribution in [3.63, 3.8) is 0 Å². The van der Waals surface area contributed by atoms with Crippen molar-refractivity contribution in [2.24, 2.45) is 0 Å². The molecule has 0 amide bonds. The molecule has 1 fully saturated rings. The van der Waals surface area contributed by atoms with Gasteiger partial charge in [0, 0.05) is 92.6 Å². The second-order valence-corrected chi connectivity index (χ2v) is 25.3. The van der Waals surface area contributed by atoms with Crippen molar-refractivity contribution < 1.29 is 111 Å². The highest BCUT2D eigenvalue weighted by atomic mass is 16.7. The molecule has 1 saturated heterocycles. The van der Waals surface area contributed by atoms with Gasteiger partial charge in [0.25, 0.3) is 0 Å². The Morgan fingerprint density at radius 2 is 0.959 bits per heavy atom. The van der Waals surface area contributed by atoms with Gasteiger partial charge in [0.15, 0.2) is 11.5 Å². The Hall–Kier alpha value is -11.5. The summed E-state index contributed by atoms with van der Waals surface area (Å²) in [5.41, 5.74) is 2.91. The predicted molar refractivity (Wildman–Crippen MR) is 349 cm³/mol. The van der Waals surface area contributed by atoms with Gasteiger partial charge in [-0.05, 0) is 148 Å². The van der Waals surface area contributed by atoms with Crippen LogP contribution in [0.25, 0.3) is 33.4 Å². The molecular formula is C76H62O22. The van der Waals surface area contributed by atoms with Crippen molar-refractivity contribution in [3.05, 3.63) is 243 Å². The highest BCUT2D eigenvalue weighted by Gasteiger charge is 2.59. The normalized spacial score (nSPS) is 22.8. The van der Waals surface area contributed by atoms with Gasteiger partial charge in [0.2, 0.25) is 6.29 Å². The Morgan fingerprint density at radius 3 is 1.56 bits per heavy atom. The minimum Gasteiger partial charge on any atom is -0.508 e. The van der Waals surface area contributed by atoms with Gasteiger partial charge in [0.1, 0.15) is 117 Å². The minimum atomic E-state index is -2.20. The first-order valence-electron chi connectivity index (χ1n) is 31.2. The molecule has 2 aliphatic carbocycles. The van der Waals surface area contributed by atoms with Gasteiger partial charge in [-0.2, -0.15) is 0 Å². The van der Waals surface area contributed by atoms with E-state index in [1.807, 2.05) is 0 Å². The lowest BCUT2D eigenvalue weighted by molar-refractivity contribution is -0.277. The van der Waals surface area contributed by atoms with Crippen molar-refractivity contribution >= 4 is 11.0 Å². The minimum absolute atomic E-state index is 0.0521. The van der Waals surface area contributed by atoms with Gasteiger partial charge < -0.3 is 111 Å². The topological polar surface area (TPSA) is 405 Å². The number of ether oxygens (including phenoxy) is 3.